The number of nitrogens with zero attached hydrogens (tertiary/aromatic N) is 2. The SMILES string of the molecule is COCC#CCOc1ccc(S(=O)(=O)N2Cc3ccccc3N(C(C)=O)CC2C(=O)O)cc1. The quantitative estimate of drug-likeness (QED) is 0.637. The third-order valence-corrected chi connectivity index (χ3v) is 6.93. The van der Waals surface area contributed by atoms with E-state index < -0.39 is 22.0 Å². The number of carboxylic acids is 1. The molecule has 2 aromatic carbocycles. The van der Waals surface area contributed by atoms with Crippen LogP contribution in [0.5, 0.6) is 5.75 Å². The Labute approximate surface area is 192 Å². The van der Waals surface area contributed by atoms with E-state index in [1.165, 1.54) is 43.2 Å². The maximum Gasteiger partial charge on any atom is 0.323 e. The summed E-state index contributed by atoms with van der Waals surface area (Å²) >= 11 is 0. The van der Waals surface area contributed by atoms with Gasteiger partial charge in [0.05, 0.1) is 11.4 Å². The molecule has 1 heterocycles. The van der Waals surface area contributed by atoms with Gasteiger partial charge in [0, 0.05) is 26.3 Å². The molecule has 1 atom stereocenters. The second-order valence-electron chi connectivity index (χ2n) is 7.21. The van der Waals surface area contributed by atoms with Gasteiger partial charge in [-0.1, -0.05) is 30.0 Å². The molecule has 0 saturated carbocycles. The Morgan fingerprint density at radius 1 is 1.09 bits per heavy atom. The average molecular weight is 473 g/mol. The van der Waals surface area contributed by atoms with Crippen LogP contribution in [-0.4, -0.2) is 62.6 Å². The van der Waals surface area contributed by atoms with Gasteiger partial charge in [0.25, 0.3) is 0 Å². The largest absolute Gasteiger partial charge is 0.481 e. The van der Waals surface area contributed by atoms with Crippen LogP contribution < -0.4 is 9.64 Å². The fraction of sp³-hybridized carbons (Fsp3) is 0.304. The highest BCUT2D eigenvalue weighted by molar-refractivity contribution is 7.89. The van der Waals surface area contributed by atoms with Gasteiger partial charge in [0.2, 0.25) is 15.9 Å². The van der Waals surface area contributed by atoms with Gasteiger partial charge in [-0.25, -0.2) is 8.42 Å². The number of fused-ring (bicyclic) bond motifs is 1. The number of methoxy groups -OCH3 is 1. The molecule has 2 aromatic rings. The van der Waals surface area contributed by atoms with E-state index in [0.29, 0.717) is 17.0 Å². The molecule has 174 valence electrons. The molecule has 0 aliphatic carbocycles. The average Bonchev–Trinajstić information content (AvgIpc) is 2.97. The molecule has 1 amide bonds. The molecule has 0 radical (unpaired) electrons. The number of carboxylic acid groups (broad SMARTS) is 1. The number of hydrogen-bond donors (Lipinski definition) is 1. The summed E-state index contributed by atoms with van der Waals surface area (Å²) in [5, 5.41) is 9.84. The van der Waals surface area contributed by atoms with Crippen LogP contribution in [0.3, 0.4) is 0 Å². The van der Waals surface area contributed by atoms with E-state index in [0.717, 1.165) is 4.31 Å². The Morgan fingerprint density at radius 3 is 2.39 bits per heavy atom. The first-order chi connectivity index (χ1) is 15.8. The first-order valence-corrected chi connectivity index (χ1v) is 11.5. The first-order valence-electron chi connectivity index (χ1n) is 10.0. The lowest BCUT2D eigenvalue weighted by atomic mass is 10.1. The normalized spacial score (nSPS) is 16.2. The summed E-state index contributed by atoms with van der Waals surface area (Å²) in [6.07, 6.45) is 0. The highest BCUT2D eigenvalue weighted by Crippen LogP contribution is 2.31. The number of rotatable bonds is 6. The zero-order valence-electron chi connectivity index (χ0n) is 18.2. The number of benzene rings is 2. The Morgan fingerprint density at radius 2 is 1.76 bits per heavy atom. The molecule has 0 aromatic heterocycles. The number of anilines is 1. The second kappa shape index (κ2) is 10.5. The van der Waals surface area contributed by atoms with Crippen molar-refractivity contribution in [1.29, 1.82) is 0 Å². The summed E-state index contributed by atoms with van der Waals surface area (Å²) in [6.45, 7) is 1.22. The van der Waals surface area contributed by atoms with Crippen LogP contribution in [0.4, 0.5) is 5.69 Å². The Kier molecular flexibility index (Phi) is 7.71. The first kappa shape index (κ1) is 24.3. The highest BCUT2D eigenvalue weighted by Gasteiger charge is 2.41. The van der Waals surface area contributed by atoms with E-state index >= 15 is 0 Å². The third kappa shape index (κ3) is 5.51. The summed E-state index contributed by atoms with van der Waals surface area (Å²) in [5.74, 6) is 4.20. The van der Waals surface area contributed by atoms with Crippen LogP contribution in [0.25, 0.3) is 0 Å². The number of aliphatic carboxylic acids is 1. The number of sulfonamides is 1. The van der Waals surface area contributed by atoms with Crippen LogP contribution in [0.1, 0.15) is 12.5 Å². The van der Waals surface area contributed by atoms with Gasteiger partial charge in [-0.05, 0) is 35.9 Å². The summed E-state index contributed by atoms with van der Waals surface area (Å²) in [7, 11) is -2.67. The highest BCUT2D eigenvalue weighted by atomic mass is 32.2. The molecule has 1 N–H and O–H groups in total. The van der Waals surface area contributed by atoms with Crippen LogP contribution in [0.15, 0.2) is 53.4 Å². The zero-order valence-corrected chi connectivity index (χ0v) is 19.0. The van der Waals surface area contributed by atoms with Gasteiger partial charge in [-0.3, -0.25) is 9.59 Å². The molecule has 0 fully saturated rings. The lowest BCUT2D eigenvalue weighted by molar-refractivity contribution is -0.141. The van der Waals surface area contributed by atoms with E-state index in [-0.39, 0.29) is 37.1 Å². The van der Waals surface area contributed by atoms with Crippen molar-refractivity contribution in [1.82, 2.24) is 4.31 Å². The molecule has 33 heavy (non-hydrogen) atoms. The predicted molar refractivity (Wildman–Crippen MR) is 120 cm³/mol. The van der Waals surface area contributed by atoms with Crippen LogP contribution in [0.2, 0.25) is 0 Å². The molecule has 0 spiro atoms. The third-order valence-electron chi connectivity index (χ3n) is 5.06. The van der Waals surface area contributed by atoms with E-state index in [4.69, 9.17) is 9.47 Å². The molecule has 3 rings (SSSR count). The van der Waals surface area contributed by atoms with Crippen LogP contribution in [0, 0.1) is 11.8 Å². The minimum atomic E-state index is -4.21. The van der Waals surface area contributed by atoms with Gasteiger partial charge in [-0.15, -0.1) is 0 Å². The molecular weight excluding hydrogens is 448 g/mol. The van der Waals surface area contributed by atoms with Gasteiger partial charge in [0.1, 0.15) is 25.0 Å². The topological polar surface area (TPSA) is 113 Å². The lowest BCUT2D eigenvalue weighted by Crippen LogP contribution is -2.49. The molecule has 1 aliphatic rings. The van der Waals surface area contributed by atoms with Crippen molar-refractivity contribution in [3.63, 3.8) is 0 Å². The van der Waals surface area contributed by atoms with Gasteiger partial charge in [0.15, 0.2) is 0 Å². The van der Waals surface area contributed by atoms with Crippen LogP contribution in [-0.2, 0) is 30.9 Å². The van der Waals surface area contributed by atoms with Crippen molar-refractivity contribution < 1.29 is 32.6 Å². The molecular formula is C23H24N2O7S. The summed E-state index contributed by atoms with van der Waals surface area (Å²) in [5.41, 5.74) is 1.03. The monoisotopic (exact) mass is 472 g/mol. The fourth-order valence-corrected chi connectivity index (χ4v) is 4.99. The zero-order chi connectivity index (χ0) is 24.0. The Hall–Kier alpha value is -3.39. The molecule has 1 unspecified atom stereocenters. The number of hydrogen-bond acceptors (Lipinski definition) is 6. The van der Waals surface area contributed by atoms with Crippen molar-refractivity contribution in [2.45, 2.75) is 24.4 Å². The van der Waals surface area contributed by atoms with E-state index in [2.05, 4.69) is 11.8 Å². The minimum Gasteiger partial charge on any atom is -0.481 e. The molecule has 0 saturated heterocycles. The summed E-state index contributed by atoms with van der Waals surface area (Å²) in [6, 6.07) is 11.0. The fourth-order valence-electron chi connectivity index (χ4n) is 3.44. The van der Waals surface area contributed by atoms with Gasteiger partial charge >= 0.3 is 5.97 Å². The molecule has 1 aliphatic heterocycles. The van der Waals surface area contributed by atoms with Crippen molar-refractivity contribution in [2.24, 2.45) is 0 Å². The minimum absolute atomic E-state index is 0.0830. The maximum atomic E-state index is 13.5. The Bertz CT molecular complexity index is 1180. The lowest BCUT2D eigenvalue weighted by Gasteiger charge is -2.28. The van der Waals surface area contributed by atoms with Gasteiger partial charge in [-0.2, -0.15) is 4.31 Å². The van der Waals surface area contributed by atoms with E-state index in [9.17, 15) is 23.1 Å². The number of carbonyl (C=O) groups excluding carboxylic acids is 1. The van der Waals surface area contributed by atoms with Crippen LogP contribution >= 0.6 is 0 Å². The Balaban J connectivity index is 1.91. The molecule has 10 heteroatoms. The maximum absolute atomic E-state index is 13.5. The molecule has 0 bridgehead atoms. The van der Waals surface area contributed by atoms with Crippen molar-refractivity contribution in [2.75, 3.05) is 31.8 Å². The van der Waals surface area contributed by atoms with Crippen molar-refractivity contribution in [3.05, 3.63) is 54.1 Å². The number of para-hydroxylation sites is 1. The van der Waals surface area contributed by atoms with Crippen molar-refractivity contribution in [3.8, 4) is 17.6 Å². The summed E-state index contributed by atoms with van der Waals surface area (Å²) < 4.78 is 38.1. The number of ether oxygens (including phenoxy) is 2. The summed E-state index contributed by atoms with van der Waals surface area (Å²) in [4.78, 5) is 25.5. The second-order valence-corrected chi connectivity index (χ2v) is 9.10. The number of carbonyl (C=O) groups is 2. The number of amides is 1. The molecule has 9 nitrogen and oxygen atoms in total. The smallest absolute Gasteiger partial charge is 0.323 e. The van der Waals surface area contributed by atoms with Gasteiger partial charge < -0.3 is 19.5 Å². The van der Waals surface area contributed by atoms with Crippen molar-refractivity contribution >= 4 is 27.6 Å². The van der Waals surface area contributed by atoms with E-state index in [1.807, 2.05) is 0 Å². The standard InChI is InChI=1S/C23H24N2O7S/c1-17(26)24-16-22(23(27)28)25(15-18-7-3-4-8-21(18)24)33(29,30)20-11-9-19(10-12-20)32-14-6-5-13-31-2/h3-4,7-12,22H,13-16H2,1-2H3,(H,27,28). The predicted octanol–water partition coefficient (Wildman–Crippen LogP) is 1.73. The van der Waals surface area contributed by atoms with E-state index in [1.54, 1.807) is 24.3 Å².